The fourth-order valence-electron chi connectivity index (χ4n) is 3.32. The van der Waals surface area contributed by atoms with Crippen molar-refractivity contribution in [2.75, 3.05) is 76.9 Å². The highest BCUT2D eigenvalue weighted by molar-refractivity contribution is 7.98. The summed E-state index contributed by atoms with van der Waals surface area (Å²) >= 11 is 1.45. The Morgan fingerprint density at radius 3 is 2.68 bits per heavy atom. The highest BCUT2D eigenvalue weighted by Crippen LogP contribution is 2.36. The summed E-state index contributed by atoms with van der Waals surface area (Å²) in [6.45, 7) is 5.68. The predicted octanol–water partition coefficient (Wildman–Crippen LogP) is 0.985. The van der Waals surface area contributed by atoms with Gasteiger partial charge in [-0.05, 0) is 20.4 Å². The van der Waals surface area contributed by atoms with Gasteiger partial charge in [0.25, 0.3) is 0 Å². The smallest absolute Gasteiger partial charge is 0.309 e. The number of hydrogen-bond acceptors (Lipinski definition) is 10. The lowest BCUT2D eigenvalue weighted by Crippen LogP contribution is -2.48. The number of hydrogen-bond donors (Lipinski definition) is 3. The molecule has 3 N–H and O–H groups in total. The van der Waals surface area contributed by atoms with E-state index in [1.165, 1.54) is 11.8 Å². The summed E-state index contributed by atoms with van der Waals surface area (Å²) in [5, 5.41) is 19.6. The molecule has 0 unspecified atom stereocenters. The van der Waals surface area contributed by atoms with Gasteiger partial charge in [0.05, 0.1) is 13.5 Å². The Bertz CT molecular complexity index is 883. The molecule has 0 saturated carbocycles. The quantitative estimate of drug-likeness (QED) is 0.355. The van der Waals surface area contributed by atoms with Crippen LogP contribution in [-0.2, 0) is 11.2 Å². The number of thioether (sulfide) groups is 1. The van der Waals surface area contributed by atoms with Crippen molar-refractivity contribution < 1.29 is 14.6 Å². The van der Waals surface area contributed by atoms with Gasteiger partial charge in [-0.1, -0.05) is 11.8 Å². The van der Waals surface area contributed by atoms with Crippen LogP contribution in [0.25, 0.3) is 0 Å². The van der Waals surface area contributed by atoms with Crippen LogP contribution in [0.2, 0.25) is 0 Å². The van der Waals surface area contributed by atoms with Gasteiger partial charge in [0.2, 0.25) is 5.75 Å². The van der Waals surface area contributed by atoms with Crippen LogP contribution in [-0.4, -0.2) is 108 Å². The second kappa shape index (κ2) is 10.6. The molecule has 0 amide bonds. The van der Waals surface area contributed by atoms with Gasteiger partial charge in [0.15, 0.2) is 22.6 Å². The number of aliphatic carboxylic acids is 1. The lowest BCUT2D eigenvalue weighted by Gasteiger charge is -2.36. The minimum absolute atomic E-state index is 0.130. The van der Waals surface area contributed by atoms with Crippen LogP contribution in [0.15, 0.2) is 11.2 Å². The van der Waals surface area contributed by atoms with Crippen molar-refractivity contribution in [1.82, 2.24) is 30.0 Å². The molecule has 0 spiro atoms. The molecule has 31 heavy (non-hydrogen) atoms. The van der Waals surface area contributed by atoms with E-state index in [1.807, 2.05) is 6.26 Å². The number of carboxylic acid groups (broad SMARTS) is 1. The standard InChI is InChI=1S/C19H30N8O3S/c1-25(2)5-6-26-7-9-27(10-8-26)18-16(30-3)17(21-19(22-18)31-4)20-14-11-13(23-24-14)12-15(28)29/h11H,5-10,12H2,1-4H3,(H,28,29)(H2,20,21,22,23,24). The number of carbonyl (C=O) groups is 1. The number of methoxy groups -OCH3 is 1. The molecule has 1 aliphatic heterocycles. The summed E-state index contributed by atoms with van der Waals surface area (Å²) in [7, 11) is 5.77. The van der Waals surface area contributed by atoms with Crippen LogP contribution in [0, 0.1) is 0 Å². The first kappa shape index (κ1) is 23.1. The molecular formula is C19H30N8O3S. The van der Waals surface area contributed by atoms with Gasteiger partial charge >= 0.3 is 5.97 Å². The van der Waals surface area contributed by atoms with Crippen molar-refractivity contribution in [3.8, 4) is 5.75 Å². The topological polar surface area (TPSA) is 123 Å². The minimum atomic E-state index is -0.925. The van der Waals surface area contributed by atoms with Gasteiger partial charge in [-0.3, -0.25) is 14.8 Å². The Morgan fingerprint density at radius 2 is 2.06 bits per heavy atom. The zero-order chi connectivity index (χ0) is 22.4. The molecular weight excluding hydrogens is 420 g/mol. The Kier molecular flexibility index (Phi) is 7.93. The first-order chi connectivity index (χ1) is 14.9. The molecule has 2 aromatic heterocycles. The fraction of sp³-hybridized carbons (Fsp3) is 0.579. The number of piperazine rings is 1. The number of ether oxygens (including phenoxy) is 1. The van der Waals surface area contributed by atoms with Crippen molar-refractivity contribution in [3.05, 3.63) is 11.8 Å². The van der Waals surface area contributed by atoms with Crippen LogP contribution in [0.5, 0.6) is 5.75 Å². The molecule has 170 valence electrons. The minimum Gasteiger partial charge on any atom is -0.490 e. The van der Waals surface area contributed by atoms with Crippen molar-refractivity contribution in [2.45, 2.75) is 11.6 Å². The van der Waals surface area contributed by atoms with E-state index in [-0.39, 0.29) is 6.42 Å². The van der Waals surface area contributed by atoms with Crippen LogP contribution in [0.3, 0.4) is 0 Å². The third kappa shape index (κ3) is 6.21. The Balaban J connectivity index is 1.78. The van der Waals surface area contributed by atoms with E-state index < -0.39 is 5.97 Å². The molecule has 3 heterocycles. The third-order valence-corrected chi connectivity index (χ3v) is 5.52. The number of likely N-dealkylation sites (N-methyl/N-ethyl adjacent to an activating group) is 1. The molecule has 0 aromatic carbocycles. The Morgan fingerprint density at radius 1 is 1.32 bits per heavy atom. The second-order valence-corrected chi connectivity index (χ2v) is 8.30. The van der Waals surface area contributed by atoms with Crippen LogP contribution in [0.1, 0.15) is 5.69 Å². The van der Waals surface area contributed by atoms with E-state index in [1.54, 1.807) is 13.2 Å². The van der Waals surface area contributed by atoms with Crippen LogP contribution >= 0.6 is 11.8 Å². The molecule has 0 bridgehead atoms. The molecule has 1 saturated heterocycles. The fourth-order valence-corrected chi connectivity index (χ4v) is 3.68. The van der Waals surface area contributed by atoms with E-state index in [0.29, 0.717) is 28.2 Å². The molecule has 0 aliphatic carbocycles. The SMILES string of the molecule is COc1c(Nc2cc(CC(=O)O)[nH]n2)nc(SC)nc1N1CCN(CCN(C)C)CC1. The van der Waals surface area contributed by atoms with Gasteiger partial charge in [-0.2, -0.15) is 5.10 Å². The van der Waals surface area contributed by atoms with E-state index in [9.17, 15) is 4.79 Å². The highest BCUT2D eigenvalue weighted by Gasteiger charge is 2.25. The Hall–Kier alpha value is -2.57. The van der Waals surface area contributed by atoms with Gasteiger partial charge in [-0.15, -0.1) is 0 Å². The first-order valence-electron chi connectivity index (χ1n) is 10.0. The maximum atomic E-state index is 10.9. The Labute approximate surface area is 186 Å². The van der Waals surface area contributed by atoms with Gasteiger partial charge < -0.3 is 25.0 Å². The highest BCUT2D eigenvalue weighted by atomic mass is 32.2. The molecule has 1 aliphatic rings. The number of nitrogens with zero attached hydrogens (tertiary/aromatic N) is 6. The summed E-state index contributed by atoms with van der Waals surface area (Å²) in [6.07, 6.45) is 1.79. The summed E-state index contributed by atoms with van der Waals surface area (Å²) in [6, 6.07) is 1.65. The van der Waals surface area contributed by atoms with Crippen molar-refractivity contribution >= 4 is 35.2 Å². The van der Waals surface area contributed by atoms with E-state index in [0.717, 1.165) is 45.1 Å². The second-order valence-electron chi connectivity index (χ2n) is 7.52. The lowest BCUT2D eigenvalue weighted by molar-refractivity contribution is -0.136. The van der Waals surface area contributed by atoms with Crippen molar-refractivity contribution in [1.29, 1.82) is 0 Å². The number of carboxylic acids is 1. The molecule has 3 rings (SSSR count). The van der Waals surface area contributed by atoms with E-state index >= 15 is 0 Å². The zero-order valence-corrected chi connectivity index (χ0v) is 19.2. The number of aromatic amines is 1. The van der Waals surface area contributed by atoms with Crippen molar-refractivity contribution in [2.24, 2.45) is 0 Å². The van der Waals surface area contributed by atoms with Gasteiger partial charge in [0.1, 0.15) is 0 Å². The molecule has 0 atom stereocenters. The maximum absolute atomic E-state index is 10.9. The van der Waals surface area contributed by atoms with Crippen molar-refractivity contribution in [3.63, 3.8) is 0 Å². The maximum Gasteiger partial charge on any atom is 0.309 e. The number of aromatic nitrogens is 4. The number of nitrogens with one attached hydrogen (secondary N) is 2. The summed E-state index contributed by atoms with van der Waals surface area (Å²) in [4.78, 5) is 27.0. The van der Waals surface area contributed by atoms with Crippen LogP contribution < -0.4 is 15.0 Å². The van der Waals surface area contributed by atoms with Gasteiger partial charge in [-0.25, -0.2) is 9.97 Å². The summed E-state index contributed by atoms with van der Waals surface area (Å²) < 4.78 is 5.69. The van der Waals surface area contributed by atoms with E-state index in [2.05, 4.69) is 49.3 Å². The molecule has 2 aromatic rings. The van der Waals surface area contributed by atoms with Gasteiger partial charge in [0, 0.05) is 51.0 Å². The average Bonchev–Trinajstić information content (AvgIpc) is 3.18. The summed E-state index contributed by atoms with van der Waals surface area (Å²) in [5.74, 6) is 1.34. The zero-order valence-electron chi connectivity index (χ0n) is 18.4. The van der Waals surface area contributed by atoms with Crippen LogP contribution in [0.4, 0.5) is 17.5 Å². The number of rotatable bonds is 10. The molecule has 11 nitrogen and oxygen atoms in total. The largest absolute Gasteiger partial charge is 0.490 e. The predicted molar refractivity (Wildman–Crippen MR) is 121 cm³/mol. The monoisotopic (exact) mass is 450 g/mol. The first-order valence-corrected chi connectivity index (χ1v) is 11.3. The average molecular weight is 451 g/mol. The molecule has 1 fully saturated rings. The number of anilines is 3. The lowest BCUT2D eigenvalue weighted by atomic mass is 10.3. The summed E-state index contributed by atoms with van der Waals surface area (Å²) in [5.41, 5.74) is 0.502. The normalized spacial score (nSPS) is 14.8. The third-order valence-electron chi connectivity index (χ3n) is 4.97. The molecule has 0 radical (unpaired) electrons. The van der Waals surface area contributed by atoms with E-state index in [4.69, 9.17) is 14.8 Å². The molecule has 12 heteroatoms. The number of H-pyrrole nitrogens is 1.